The molecule has 0 aromatic heterocycles. The molecule has 0 fully saturated rings. The van der Waals surface area contributed by atoms with Gasteiger partial charge in [-0.05, 0) is 19.4 Å². The average molecular weight is 200 g/mol. The molecule has 13 heavy (non-hydrogen) atoms. The van der Waals surface area contributed by atoms with Gasteiger partial charge in [0.1, 0.15) is 0 Å². The van der Waals surface area contributed by atoms with Gasteiger partial charge in [-0.3, -0.25) is 4.57 Å². The van der Waals surface area contributed by atoms with Gasteiger partial charge in [0.05, 0.1) is 5.66 Å². The van der Waals surface area contributed by atoms with E-state index in [1.54, 1.807) is 18.2 Å². The van der Waals surface area contributed by atoms with E-state index in [2.05, 4.69) is 0 Å². The molecule has 0 saturated carbocycles. The maximum atomic E-state index is 10.9. The highest BCUT2D eigenvalue weighted by molar-refractivity contribution is 7.52. The van der Waals surface area contributed by atoms with Crippen molar-refractivity contribution >= 4 is 7.60 Å². The second-order valence-corrected chi connectivity index (χ2v) is 5.13. The van der Waals surface area contributed by atoms with Crippen molar-refractivity contribution in [2.24, 2.45) is 0 Å². The van der Waals surface area contributed by atoms with E-state index in [1.165, 1.54) is 6.92 Å². The van der Waals surface area contributed by atoms with E-state index in [4.69, 9.17) is 9.79 Å². The Morgan fingerprint density at radius 2 is 2.00 bits per heavy atom. The molecule has 0 aliphatic rings. The Labute approximate surface area is 77.6 Å². The van der Waals surface area contributed by atoms with Gasteiger partial charge < -0.3 is 9.79 Å². The molecule has 0 aliphatic carbocycles. The third-order valence-electron chi connectivity index (χ3n) is 2.03. The van der Waals surface area contributed by atoms with Crippen molar-refractivity contribution in [1.29, 1.82) is 0 Å². The number of rotatable bonds is 2. The minimum absolute atomic E-state index is 0.688. The van der Waals surface area contributed by atoms with Crippen LogP contribution in [0, 0.1) is 6.92 Å². The van der Waals surface area contributed by atoms with Crippen molar-refractivity contribution in [2.45, 2.75) is 19.5 Å². The van der Waals surface area contributed by atoms with E-state index in [0.717, 1.165) is 5.56 Å². The van der Waals surface area contributed by atoms with Crippen molar-refractivity contribution in [2.75, 3.05) is 0 Å². The number of benzene rings is 1. The summed E-state index contributed by atoms with van der Waals surface area (Å²) in [4.78, 5) is 17.9. The zero-order valence-corrected chi connectivity index (χ0v) is 8.53. The molecule has 1 aromatic carbocycles. The van der Waals surface area contributed by atoms with Gasteiger partial charge in [-0.15, -0.1) is 0 Å². The summed E-state index contributed by atoms with van der Waals surface area (Å²) >= 11 is 0. The summed E-state index contributed by atoms with van der Waals surface area (Å²) < 4.78 is 10.9. The molecule has 72 valence electrons. The Balaban J connectivity index is 3.02. The van der Waals surface area contributed by atoms with Crippen LogP contribution in [0.2, 0.25) is 0 Å². The predicted molar refractivity (Wildman–Crippen MR) is 51.6 cm³/mol. The van der Waals surface area contributed by atoms with Crippen LogP contribution in [0.3, 0.4) is 0 Å². The first-order valence-corrected chi connectivity index (χ1v) is 5.71. The summed E-state index contributed by atoms with van der Waals surface area (Å²) in [6, 6.07) is 7.23. The van der Waals surface area contributed by atoms with Gasteiger partial charge in [0.25, 0.3) is 0 Å². The van der Waals surface area contributed by atoms with Crippen LogP contribution in [0.4, 0.5) is 0 Å². The van der Waals surface area contributed by atoms with Gasteiger partial charge in [0.15, 0.2) is 0 Å². The van der Waals surface area contributed by atoms with Crippen LogP contribution in [0.25, 0.3) is 0 Å². The van der Waals surface area contributed by atoms with E-state index in [0.29, 0.717) is 5.56 Å². The lowest BCUT2D eigenvalue weighted by atomic mass is 10.1. The minimum Gasteiger partial charge on any atom is -0.324 e. The Morgan fingerprint density at radius 3 is 2.46 bits per heavy atom. The SMILES string of the molecule is Cc1cccc([C@H](C)P(=O)(O)O)c1. The fourth-order valence-corrected chi connectivity index (χ4v) is 1.67. The molecule has 2 N–H and O–H groups in total. The van der Waals surface area contributed by atoms with Gasteiger partial charge in [-0.25, -0.2) is 0 Å². The highest BCUT2D eigenvalue weighted by Crippen LogP contribution is 2.51. The molecule has 0 saturated heterocycles. The molecule has 4 heteroatoms. The molecular weight excluding hydrogens is 187 g/mol. The highest BCUT2D eigenvalue weighted by atomic mass is 31.2. The van der Waals surface area contributed by atoms with Gasteiger partial charge in [0.2, 0.25) is 0 Å². The summed E-state index contributed by atoms with van der Waals surface area (Å²) in [5, 5.41) is 0. The van der Waals surface area contributed by atoms with Gasteiger partial charge in [-0.1, -0.05) is 29.8 Å². The Morgan fingerprint density at radius 1 is 1.38 bits per heavy atom. The molecule has 3 nitrogen and oxygen atoms in total. The highest BCUT2D eigenvalue weighted by Gasteiger charge is 2.25. The van der Waals surface area contributed by atoms with Crippen LogP contribution in [0.1, 0.15) is 23.7 Å². The first kappa shape index (κ1) is 10.5. The molecule has 0 spiro atoms. The smallest absolute Gasteiger partial charge is 0.324 e. The molecule has 0 heterocycles. The molecule has 0 unspecified atom stereocenters. The van der Waals surface area contributed by atoms with Crippen LogP contribution in [0.5, 0.6) is 0 Å². The molecular formula is C9H13O3P. The average Bonchev–Trinajstić information content (AvgIpc) is 2.01. The van der Waals surface area contributed by atoms with E-state index in [-0.39, 0.29) is 0 Å². The largest absolute Gasteiger partial charge is 0.332 e. The van der Waals surface area contributed by atoms with E-state index in [1.807, 2.05) is 13.0 Å². The Hall–Kier alpha value is -0.630. The third kappa shape index (κ3) is 2.66. The third-order valence-corrected chi connectivity index (χ3v) is 3.34. The number of hydrogen-bond acceptors (Lipinski definition) is 1. The van der Waals surface area contributed by atoms with E-state index >= 15 is 0 Å². The fourth-order valence-electron chi connectivity index (χ4n) is 1.12. The van der Waals surface area contributed by atoms with Crippen molar-refractivity contribution in [3.05, 3.63) is 35.4 Å². The quantitative estimate of drug-likeness (QED) is 0.719. The summed E-state index contributed by atoms with van der Waals surface area (Å²) in [5.74, 6) is 0. The summed E-state index contributed by atoms with van der Waals surface area (Å²) in [5.41, 5.74) is 0.985. The van der Waals surface area contributed by atoms with Crippen LogP contribution < -0.4 is 0 Å². The molecule has 0 amide bonds. The zero-order valence-electron chi connectivity index (χ0n) is 7.64. The second-order valence-electron chi connectivity index (χ2n) is 3.18. The molecule has 1 aromatic rings. The maximum absolute atomic E-state index is 10.9. The zero-order chi connectivity index (χ0) is 10.1. The maximum Gasteiger partial charge on any atom is 0.332 e. The van der Waals surface area contributed by atoms with E-state index in [9.17, 15) is 4.57 Å². The van der Waals surface area contributed by atoms with Gasteiger partial charge in [-0.2, -0.15) is 0 Å². The normalized spacial score (nSPS) is 14.2. The Bertz CT molecular complexity index is 342. The first-order valence-electron chi connectivity index (χ1n) is 4.03. The van der Waals surface area contributed by atoms with Crippen LogP contribution in [-0.2, 0) is 4.57 Å². The molecule has 0 bridgehead atoms. The lowest BCUT2D eigenvalue weighted by molar-refractivity contribution is 0.362. The molecule has 1 rings (SSSR count). The standard InChI is InChI=1S/C9H13O3P/c1-7-4-3-5-9(6-7)8(2)13(10,11)12/h3-6,8H,1-2H3,(H2,10,11,12)/t8-/m0/s1. The second kappa shape index (κ2) is 3.62. The fraction of sp³-hybridized carbons (Fsp3) is 0.333. The van der Waals surface area contributed by atoms with Gasteiger partial charge >= 0.3 is 7.60 Å². The van der Waals surface area contributed by atoms with Crippen LogP contribution >= 0.6 is 7.60 Å². The Kier molecular flexibility index (Phi) is 2.91. The lowest BCUT2D eigenvalue weighted by Gasteiger charge is -2.13. The number of aryl methyl sites for hydroxylation is 1. The van der Waals surface area contributed by atoms with Crippen molar-refractivity contribution in [3.8, 4) is 0 Å². The topological polar surface area (TPSA) is 57.5 Å². The minimum atomic E-state index is -4.00. The summed E-state index contributed by atoms with van der Waals surface area (Å²) in [7, 11) is -4.00. The molecule has 1 atom stereocenters. The monoisotopic (exact) mass is 200 g/mol. The van der Waals surface area contributed by atoms with E-state index < -0.39 is 13.3 Å². The lowest BCUT2D eigenvalue weighted by Crippen LogP contribution is -1.94. The van der Waals surface area contributed by atoms with Crippen molar-refractivity contribution in [1.82, 2.24) is 0 Å². The molecule has 0 radical (unpaired) electrons. The summed E-state index contributed by atoms with van der Waals surface area (Å²) in [6.45, 7) is 3.44. The number of hydrogen-bond donors (Lipinski definition) is 2. The van der Waals surface area contributed by atoms with Crippen LogP contribution in [-0.4, -0.2) is 9.79 Å². The predicted octanol–water partition coefficient (Wildman–Crippen LogP) is 2.23. The summed E-state index contributed by atoms with van der Waals surface area (Å²) in [6.07, 6.45) is 0. The van der Waals surface area contributed by atoms with Crippen molar-refractivity contribution in [3.63, 3.8) is 0 Å². The van der Waals surface area contributed by atoms with Crippen LogP contribution in [0.15, 0.2) is 24.3 Å². The van der Waals surface area contributed by atoms with Crippen molar-refractivity contribution < 1.29 is 14.4 Å². The molecule has 0 aliphatic heterocycles. The first-order chi connectivity index (χ1) is 5.91. The van der Waals surface area contributed by atoms with Gasteiger partial charge in [0, 0.05) is 0 Å².